The van der Waals surface area contributed by atoms with Gasteiger partial charge < -0.3 is 19.8 Å². The zero-order valence-electron chi connectivity index (χ0n) is 33.2. The molecule has 0 saturated heterocycles. The monoisotopic (exact) mass is 720 g/mol. The summed E-state index contributed by atoms with van der Waals surface area (Å²) in [5, 5.41) is 13.9. The molecule has 49 heavy (non-hydrogen) atoms. The number of unbranched alkanes of at least 4 members (excludes halogenated alkanes) is 25. The molecule has 0 fully saturated rings. The van der Waals surface area contributed by atoms with Gasteiger partial charge in [0.05, 0.1) is 39.9 Å². The molecule has 0 bridgehead atoms. The maximum absolute atomic E-state index is 12.8. The van der Waals surface area contributed by atoms with Gasteiger partial charge >= 0.3 is 7.82 Å². The smallest absolute Gasteiger partial charge is 0.391 e. The molecule has 0 saturated carbocycles. The van der Waals surface area contributed by atoms with Crippen molar-refractivity contribution in [2.75, 3.05) is 40.9 Å². The Bertz CT molecular complexity index is 778. The first kappa shape index (κ1) is 48.5. The van der Waals surface area contributed by atoms with Crippen molar-refractivity contribution in [2.45, 2.75) is 212 Å². The lowest BCUT2D eigenvalue weighted by Crippen LogP contribution is -2.46. The van der Waals surface area contributed by atoms with Gasteiger partial charge in [-0.15, -0.1) is 0 Å². The predicted octanol–water partition coefficient (Wildman–Crippen LogP) is 11.0. The number of carbonyl (C=O) groups is 1. The van der Waals surface area contributed by atoms with Crippen molar-refractivity contribution in [1.29, 1.82) is 0 Å². The number of hydrogen-bond donors (Lipinski definition) is 3. The van der Waals surface area contributed by atoms with Gasteiger partial charge in [0.1, 0.15) is 13.2 Å². The van der Waals surface area contributed by atoms with Crippen LogP contribution in [0.15, 0.2) is 0 Å². The Morgan fingerprint density at radius 3 is 1.37 bits per heavy atom. The van der Waals surface area contributed by atoms with Crippen molar-refractivity contribution >= 4 is 13.7 Å². The maximum Gasteiger partial charge on any atom is 0.472 e. The van der Waals surface area contributed by atoms with E-state index in [0.29, 0.717) is 23.9 Å². The third-order valence-corrected chi connectivity index (χ3v) is 10.6. The molecule has 0 aliphatic carbocycles. The van der Waals surface area contributed by atoms with Crippen LogP contribution in [0.1, 0.15) is 200 Å². The number of hydrogen-bond acceptors (Lipinski definition) is 5. The van der Waals surface area contributed by atoms with E-state index in [1.807, 2.05) is 21.1 Å². The number of amides is 1. The van der Waals surface area contributed by atoms with Gasteiger partial charge in [-0.05, 0) is 12.8 Å². The lowest BCUT2D eigenvalue weighted by atomic mass is 10.0. The van der Waals surface area contributed by atoms with Crippen LogP contribution in [0.5, 0.6) is 0 Å². The molecule has 0 heterocycles. The van der Waals surface area contributed by atoms with Crippen LogP contribution in [0.25, 0.3) is 0 Å². The molecule has 0 aromatic heterocycles. The van der Waals surface area contributed by atoms with Gasteiger partial charge in [0, 0.05) is 6.42 Å². The Balaban J connectivity index is 4.34. The van der Waals surface area contributed by atoms with Gasteiger partial charge in [0.2, 0.25) is 5.91 Å². The minimum Gasteiger partial charge on any atom is -0.391 e. The van der Waals surface area contributed by atoms with Crippen molar-refractivity contribution in [2.24, 2.45) is 0 Å². The van der Waals surface area contributed by atoms with E-state index in [4.69, 9.17) is 9.05 Å². The Morgan fingerprint density at radius 2 is 0.980 bits per heavy atom. The zero-order chi connectivity index (χ0) is 36.5. The summed E-state index contributed by atoms with van der Waals surface area (Å²) >= 11 is 0. The topological polar surface area (TPSA) is 105 Å². The molecular formula is C40H84N2O6P+. The molecule has 0 aromatic rings. The quantitative estimate of drug-likeness (QED) is 0.0333. The Morgan fingerprint density at radius 1 is 0.612 bits per heavy atom. The number of aliphatic hydroxyl groups is 1. The molecular weight excluding hydrogens is 635 g/mol. The van der Waals surface area contributed by atoms with E-state index in [0.717, 1.165) is 38.5 Å². The van der Waals surface area contributed by atoms with Crippen LogP contribution in [0.4, 0.5) is 0 Å². The summed E-state index contributed by atoms with van der Waals surface area (Å²) < 4.78 is 23.5. The summed E-state index contributed by atoms with van der Waals surface area (Å²) in [7, 11) is 1.62. The molecule has 9 heteroatoms. The van der Waals surface area contributed by atoms with E-state index in [9.17, 15) is 19.4 Å². The first-order chi connectivity index (χ1) is 23.5. The van der Waals surface area contributed by atoms with Crippen LogP contribution < -0.4 is 5.32 Å². The van der Waals surface area contributed by atoms with E-state index < -0.39 is 20.0 Å². The average molecular weight is 720 g/mol. The summed E-state index contributed by atoms with van der Waals surface area (Å²) in [6, 6.07) is -0.751. The summed E-state index contributed by atoms with van der Waals surface area (Å²) in [5.41, 5.74) is 0. The predicted molar refractivity (Wildman–Crippen MR) is 208 cm³/mol. The lowest BCUT2D eigenvalue weighted by Gasteiger charge is -2.26. The third-order valence-electron chi connectivity index (χ3n) is 9.61. The van der Waals surface area contributed by atoms with Crippen molar-refractivity contribution in [3.8, 4) is 0 Å². The maximum atomic E-state index is 12.8. The van der Waals surface area contributed by atoms with E-state index in [-0.39, 0.29) is 19.1 Å². The molecule has 0 aliphatic rings. The highest BCUT2D eigenvalue weighted by Crippen LogP contribution is 2.43. The molecule has 0 aromatic carbocycles. The van der Waals surface area contributed by atoms with Crippen LogP contribution in [-0.4, -0.2) is 73.4 Å². The van der Waals surface area contributed by atoms with Gasteiger partial charge in [-0.1, -0.05) is 181 Å². The van der Waals surface area contributed by atoms with Crippen molar-refractivity contribution in [3.05, 3.63) is 0 Å². The number of likely N-dealkylation sites (N-methyl/N-ethyl adjacent to an activating group) is 1. The molecule has 294 valence electrons. The second kappa shape index (κ2) is 33.3. The molecule has 8 nitrogen and oxygen atoms in total. The Kier molecular flexibility index (Phi) is 33.0. The van der Waals surface area contributed by atoms with Crippen LogP contribution in [0.3, 0.4) is 0 Å². The fraction of sp³-hybridized carbons (Fsp3) is 0.975. The van der Waals surface area contributed by atoms with Gasteiger partial charge in [0.25, 0.3) is 0 Å². The highest BCUT2D eigenvalue weighted by molar-refractivity contribution is 7.47. The van der Waals surface area contributed by atoms with Crippen LogP contribution in [0, 0.1) is 0 Å². The van der Waals surface area contributed by atoms with Crippen LogP contribution in [-0.2, 0) is 18.4 Å². The number of phosphoric ester groups is 1. The van der Waals surface area contributed by atoms with Gasteiger partial charge in [0.15, 0.2) is 0 Å². The zero-order valence-corrected chi connectivity index (χ0v) is 34.1. The number of rotatable bonds is 38. The Hall–Kier alpha value is -0.500. The number of quaternary nitrogens is 1. The molecule has 0 spiro atoms. The fourth-order valence-electron chi connectivity index (χ4n) is 6.22. The Labute approximate surface area is 304 Å². The fourth-order valence-corrected chi connectivity index (χ4v) is 6.96. The van der Waals surface area contributed by atoms with Gasteiger partial charge in [-0.2, -0.15) is 0 Å². The second-order valence-corrected chi connectivity index (χ2v) is 17.2. The average Bonchev–Trinajstić information content (AvgIpc) is 3.04. The molecule has 1 unspecified atom stereocenters. The minimum absolute atomic E-state index is 0.0782. The summed E-state index contributed by atoms with van der Waals surface area (Å²) in [6.07, 6.45) is 34.1. The first-order valence-electron chi connectivity index (χ1n) is 20.9. The summed E-state index contributed by atoms with van der Waals surface area (Å²) in [5.74, 6) is -0.145. The van der Waals surface area contributed by atoms with E-state index >= 15 is 0 Å². The number of carbonyl (C=O) groups excluding carboxylic acids is 1. The molecule has 3 atom stereocenters. The number of nitrogens with zero attached hydrogens (tertiary/aromatic N) is 1. The lowest BCUT2D eigenvalue weighted by molar-refractivity contribution is -0.870. The molecule has 3 N–H and O–H groups in total. The largest absolute Gasteiger partial charge is 0.472 e. The van der Waals surface area contributed by atoms with Crippen molar-refractivity contribution in [3.63, 3.8) is 0 Å². The van der Waals surface area contributed by atoms with E-state index in [1.54, 1.807) is 0 Å². The van der Waals surface area contributed by atoms with Gasteiger partial charge in [-0.25, -0.2) is 4.57 Å². The van der Waals surface area contributed by atoms with Crippen LogP contribution in [0.2, 0.25) is 0 Å². The second-order valence-electron chi connectivity index (χ2n) is 15.7. The number of nitrogens with one attached hydrogen (secondary N) is 1. The number of phosphoric acid groups is 1. The highest BCUT2D eigenvalue weighted by atomic mass is 31.2. The van der Waals surface area contributed by atoms with Crippen LogP contribution >= 0.6 is 7.82 Å². The molecule has 0 aliphatic heterocycles. The summed E-state index contributed by atoms with van der Waals surface area (Å²) in [4.78, 5) is 23.0. The first-order valence-corrected chi connectivity index (χ1v) is 22.4. The SMILES string of the molecule is CCCCCCCCCCCCCCCCCCC[C@H](O)[C@@H](COP(=O)(O)OCC[N+](C)(C)C)NC(=O)CCCCCCCCCCCC. The molecule has 0 rings (SSSR count). The standard InChI is InChI=1S/C40H83N2O6P/c1-6-8-10-12-14-16-18-19-20-21-22-23-24-25-27-29-31-33-39(43)38(37-48-49(45,46)47-36-35-42(3,4)5)41-40(44)34-32-30-28-26-17-15-13-11-9-7-2/h38-39,43H,6-37H2,1-5H3,(H-,41,44,45,46)/p+1/t38-,39+/m1/s1. The summed E-state index contributed by atoms with van der Waals surface area (Å²) in [6.45, 7) is 4.88. The molecule has 0 radical (unpaired) electrons. The van der Waals surface area contributed by atoms with Gasteiger partial charge in [-0.3, -0.25) is 13.8 Å². The molecule has 1 amide bonds. The normalized spacial score (nSPS) is 14.5. The van der Waals surface area contributed by atoms with E-state index in [2.05, 4.69) is 19.2 Å². The number of aliphatic hydroxyl groups excluding tert-OH is 1. The minimum atomic E-state index is -4.30. The van der Waals surface area contributed by atoms with E-state index in [1.165, 1.54) is 135 Å². The van der Waals surface area contributed by atoms with Crippen molar-refractivity contribution < 1.29 is 32.9 Å². The van der Waals surface area contributed by atoms with Crippen molar-refractivity contribution in [1.82, 2.24) is 5.32 Å². The highest BCUT2D eigenvalue weighted by Gasteiger charge is 2.28. The third kappa shape index (κ3) is 35.7.